The molecule has 0 bridgehead atoms. The molecule has 1 N–H and O–H groups in total. The Bertz CT molecular complexity index is 769. The highest BCUT2D eigenvalue weighted by atomic mass is 14.9. The van der Waals surface area contributed by atoms with Crippen molar-refractivity contribution in [3.8, 4) is 6.07 Å². The van der Waals surface area contributed by atoms with Crippen molar-refractivity contribution >= 4 is 17.1 Å². The van der Waals surface area contributed by atoms with E-state index in [1.54, 1.807) is 0 Å². The van der Waals surface area contributed by atoms with Crippen LogP contribution in [0.2, 0.25) is 0 Å². The van der Waals surface area contributed by atoms with Crippen molar-refractivity contribution < 1.29 is 0 Å². The topological polar surface area (TPSA) is 16.4 Å². The fourth-order valence-corrected chi connectivity index (χ4v) is 1.99. The minimum atomic E-state index is 0.895. The van der Waals surface area contributed by atoms with E-state index in [0.29, 0.717) is 0 Å². The molecule has 3 rings (SSSR count). The van der Waals surface area contributed by atoms with E-state index in [1.165, 1.54) is 0 Å². The van der Waals surface area contributed by atoms with Gasteiger partial charge in [0.25, 0.3) is 0 Å². The summed E-state index contributed by atoms with van der Waals surface area (Å²) >= 11 is 0. The first kappa shape index (κ1) is 13.0. The highest BCUT2D eigenvalue weighted by Gasteiger charge is 2.05. The van der Waals surface area contributed by atoms with Crippen LogP contribution in [0.4, 0.5) is 17.1 Å². The first-order chi connectivity index (χ1) is 10.4. The summed E-state index contributed by atoms with van der Waals surface area (Å²) in [5, 5.41) is 3.39. The van der Waals surface area contributed by atoms with Crippen LogP contribution >= 0.6 is 0 Å². The van der Waals surface area contributed by atoms with Gasteiger partial charge >= 0.3 is 11.8 Å². The summed E-state index contributed by atoms with van der Waals surface area (Å²) in [5.74, 6) is 0. The molecule has 0 heterocycles. The smallest absolute Gasteiger partial charge is 0.340 e. The predicted molar refractivity (Wildman–Crippen MR) is 88.6 cm³/mol. The van der Waals surface area contributed by atoms with Crippen LogP contribution < -0.4 is 5.32 Å². The molecule has 21 heavy (non-hydrogen) atoms. The van der Waals surface area contributed by atoms with Crippen molar-refractivity contribution in [2.24, 2.45) is 0 Å². The van der Waals surface area contributed by atoms with Crippen molar-refractivity contribution in [3.05, 3.63) is 95.3 Å². The molecule has 3 aromatic carbocycles. The average Bonchev–Trinajstić information content (AvgIpc) is 2.56. The maximum absolute atomic E-state index is 4.39. The zero-order valence-corrected chi connectivity index (χ0v) is 11.5. The van der Waals surface area contributed by atoms with Gasteiger partial charge in [-0.2, -0.15) is 0 Å². The minimum absolute atomic E-state index is 0.895. The van der Waals surface area contributed by atoms with Crippen molar-refractivity contribution in [2.45, 2.75) is 0 Å². The van der Waals surface area contributed by atoms with Crippen LogP contribution in [0.25, 0.3) is 4.85 Å². The summed E-state index contributed by atoms with van der Waals surface area (Å²) in [6.07, 6.45) is 0. The van der Waals surface area contributed by atoms with Crippen molar-refractivity contribution in [2.75, 3.05) is 5.32 Å². The van der Waals surface area contributed by atoms with Gasteiger partial charge in [0, 0.05) is 17.8 Å². The quantitative estimate of drug-likeness (QED) is 0.656. The Labute approximate surface area is 124 Å². The summed E-state index contributed by atoms with van der Waals surface area (Å²) in [6, 6.07) is 31.0. The van der Waals surface area contributed by atoms with Gasteiger partial charge in [0.15, 0.2) is 0 Å². The van der Waals surface area contributed by atoms with Crippen LogP contribution in [-0.4, -0.2) is 0 Å². The van der Waals surface area contributed by atoms with E-state index in [9.17, 15) is 0 Å². The number of anilines is 2. The Hall–Kier alpha value is -3.05. The molecule has 0 unspecified atom stereocenters. The number of rotatable bonds is 2. The predicted octanol–water partition coefficient (Wildman–Crippen LogP) is 5.44. The molecule has 0 saturated heterocycles. The lowest BCUT2D eigenvalue weighted by Gasteiger charge is -2.06. The molecule has 3 aromatic rings. The Morgan fingerprint density at radius 2 is 1.29 bits per heavy atom. The fourth-order valence-electron chi connectivity index (χ4n) is 1.99. The molecule has 2 heteroatoms. The molecule has 0 fully saturated rings. The standard InChI is InChI=1S/C19H14N2/c1-3-10-17(11-4-1)20-15-16-9-7-8-14-19(16)21-18-12-5-2-6-13-18/h1-14H/p+1. The molecule has 0 spiro atoms. The lowest BCUT2D eigenvalue weighted by molar-refractivity contribution is 1.52. The third-order valence-electron chi connectivity index (χ3n) is 3.04. The van der Waals surface area contributed by atoms with Crippen molar-refractivity contribution in [1.82, 2.24) is 0 Å². The van der Waals surface area contributed by atoms with Crippen LogP contribution in [-0.2, 0) is 0 Å². The number of hydrogen-bond acceptors (Lipinski definition) is 1. The maximum atomic E-state index is 4.39. The van der Waals surface area contributed by atoms with E-state index < -0.39 is 0 Å². The summed E-state index contributed by atoms with van der Waals surface area (Å²) in [7, 11) is 0. The Balaban J connectivity index is 1.89. The minimum Gasteiger partial charge on any atom is -0.354 e. The van der Waals surface area contributed by atoms with E-state index in [1.807, 2.05) is 84.9 Å². The average molecular weight is 271 g/mol. The zero-order valence-electron chi connectivity index (χ0n) is 11.5. The number of para-hydroxylation sites is 3. The highest BCUT2D eigenvalue weighted by Crippen LogP contribution is 2.20. The SMILES string of the molecule is C(#[N+]c1ccccc1)c1ccccc1Nc1ccccc1. The lowest BCUT2D eigenvalue weighted by atomic mass is 10.2. The van der Waals surface area contributed by atoms with E-state index >= 15 is 0 Å². The second-order valence-electron chi connectivity index (χ2n) is 4.60. The van der Waals surface area contributed by atoms with Gasteiger partial charge in [-0.1, -0.05) is 48.5 Å². The molecular formula is C19H15N2+. The molecule has 100 valence electrons. The Kier molecular flexibility index (Phi) is 3.95. The van der Waals surface area contributed by atoms with E-state index in [-0.39, 0.29) is 0 Å². The van der Waals surface area contributed by atoms with Gasteiger partial charge in [-0.25, -0.2) is 0 Å². The Morgan fingerprint density at radius 3 is 2.05 bits per heavy atom. The van der Waals surface area contributed by atoms with Crippen LogP contribution in [0.3, 0.4) is 0 Å². The van der Waals surface area contributed by atoms with Crippen LogP contribution in [0.15, 0.2) is 84.9 Å². The molecule has 0 aliphatic heterocycles. The molecular weight excluding hydrogens is 256 g/mol. The van der Waals surface area contributed by atoms with E-state index in [4.69, 9.17) is 0 Å². The largest absolute Gasteiger partial charge is 0.354 e. The third-order valence-corrected chi connectivity index (χ3v) is 3.04. The molecule has 0 aromatic heterocycles. The summed E-state index contributed by atoms with van der Waals surface area (Å²) in [6.45, 7) is 0. The molecule has 0 amide bonds. The van der Waals surface area contributed by atoms with E-state index in [2.05, 4.69) is 16.2 Å². The molecule has 0 aliphatic rings. The summed E-state index contributed by atoms with van der Waals surface area (Å²) < 4.78 is 0. The highest BCUT2D eigenvalue weighted by molar-refractivity contribution is 5.67. The number of nitrogens with zero attached hydrogens (tertiary/aromatic N) is 1. The number of benzene rings is 3. The number of hydrogen-bond donors (Lipinski definition) is 1. The Morgan fingerprint density at radius 1 is 0.667 bits per heavy atom. The van der Waals surface area contributed by atoms with Gasteiger partial charge in [-0.3, -0.25) is 0 Å². The molecule has 0 saturated carbocycles. The maximum Gasteiger partial charge on any atom is 0.340 e. The van der Waals surface area contributed by atoms with Gasteiger partial charge in [0.1, 0.15) is 5.56 Å². The van der Waals surface area contributed by atoms with Crippen molar-refractivity contribution in [3.63, 3.8) is 0 Å². The van der Waals surface area contributed by atoms with Gasteiger partial charge < -0.3 is 5.32 Å². The van der Waals surface area contributed by atoms with Crippen molar-refractivity contribution in [1.29, 1.82) is 0 Å². The fraction of sp³-hybridized carbons (Fsp3) is 0. The third kappa shape index (κ3) is 3.49. The lowest BCUT2D eigenvalue weighted by Crippen LogP contribution is -1.92. The first-order valence-electron chi connectivity index (χ1n) is 6.85. The summed E-state index contributed by atoms with van der Waals surface area (Å²) in [4.78, 5) is 4.39. The first-order valence-corrected chi connectivity index (χ1v) is 6.85. The van der Waals surface area contributed by atoms with Gasteiger partial charge in [0.2, 0.25) is 0 Å². The molecule has 0 atom stereocenters. The number of nitrogens with one attached hydrogen (secondary N) is 1. The van der Waals surface area contributed by atoms with Gasteiger partial charge in [0.05, 0.1) is 5.69 Å². The van der Waals surface area contributed by atoms with Crippen LogP contribution in [0.1, 0.15) is 5.56 Å². The second-order valence-corrected chi connectivity index (χ2v) is 4.60. The van der Waals surface area contributed by atoms with Gasteiger partial charge in [-0.15, -0.1) is 0 Å². The molecule has 0 radical (unpaired) electrons. The normalized spacial score (nSPS) is 9.52. The monoisotopic (exact) mass is 271 g/mol. The molecule has 2 nitrogen and oxygen atoms in total. The van der Waals surface area contributed by atoms with Gasteiger partial charge in [-0.05, 0) is 29.1 Å². The summed E-state index contributed by atoms with van der Waals surface area (Å²) in [5.41, 5.74) is 3.87. The van der Waals surface area contributed by atoms with Crippen LogP contribution in [0, 0.1) is 6.07 Å². The second kappa shape index (κ2) is 6.40. The zero-order chi connectivity index (χ0) is 14.3. The van der Waals surface area contributed by atoms with E-state index in [0.717, 1.165) is 22.6 Å². The molecule has 0 aliphatic carbocycles. The van der Waals surface area contributed by atoms with Crippen LogP contribution in [0.5, 0.6) is 0 Å².